The SMILES string of the molecule is CCC(ON1CCCCC1C(=O)c1ccc(F)cc1)c1ccc(O)cc1. The summed E-state index contributed by atoms with van der Waals surface area (Å²) in [6.45, 7) is 2.71. The van der Waals surface area contributed by atoms with Crippen LogP contribution in [0.2, 0.25) is 0 Å². The molecule has 0 amide bonds. The van der Waals surface area contributed by atoms with Crippen molar-refractivity contribution in [2.75, 3.05) is 6.54 Å². The molecule has 4 nitrogen and oxygen atoms in total. The number of halogens is 1. The first kappa shape index (κ1) is 18.5. The van der Waals surface area contributed by atoms with Gasteiger partial charge in [0.05, 0.1) is 6.04 Å². The second kappa shape index (κ2) is 8.43. The fourth-order valence-corrected chi connectivity index (χ4v) is 3.32. The first-order valence-electron chi connectivity index (χ1n) is 9.10. The van der Waals surface area contributed by atoms with E-state index in [1.165, 1.54) is 24.3 Å². The molecule has 0 saturated carbocycles. The van der Waals surface area contributed by atoms with E-state index in [0.29, 0.717) is 12.1 Å². The van der Waals surface area contributed by atoms with E-state index >= 15 is 0 Å². The number of ketones is 1. The van der Waals surface area contributed by atoms with Crippen LogP contribution in [0, 0.1) is 5.82 Å². The predicted molar refractivity (Wildman–Crippen MR) is 97.3 cm³/mol. The maximum Gasteiger partial charge on any atom is 0.182 e. The molecule has 0 aliphatic carbocycles. The van der Waals surface area contributed by atoms with Crippen LogP contribution >= 0.6 is 0 Å². The van der Waals surface area contributed by atoms with Crippen molar-refractivity contribution < 1.29 is 19.1 Å². The highest BCUT2D eigenvalue weighted by molar-refractivity contribution is 6.00. The Bertz CT molecular complexity index is 730. The van der Waals surface area contributed by atoms with E-state index < -0.39 is 0 Å². The molecule has 2 aromatic rings. The van der Waals surface area contributed by atoms with Gasteiger partial charge in [-0.05, 0) is 67.6 Å². The normalized spacial score (nSPS) is 19.2. The molecule has 1 N–H and O–H groups in total. The van der Waals surface area contributed by atoms with Gasteiger partial charge < -0.3 is 5.11 Å². The van der Waals surface area contributed by atoms with E-state index in [9.17, 15) is 14.3 Å². The Balaban J connectivity index is 1.76. The summed E-state index contributed by atoms with van der Waals surface area (Å²) in [6.07, 6.45) is 3.23. The Morgan fingerprint density at radius 3 is 2.54 bits per heavy atom. The Morgan fingerprint density at radius 2 is 1.88 bits per heavy atom. The lowest BCUT2D eigenvalue weighted by Crippen LogP contribution is -2.45. The summed E-state index contributed by atoms with van der Waals surface area (Å²) in [4.78, 5) is 19.1. The van der Waals surface area contributed by atoms with Crippen LogP contribution in [0.5, 0.6) is 5.75 Å². The molecule has 2 aromatic carbocycles. The van der Waals surface area contributed by atoms with Gasteiger partial charge in [-0.2, -0.15) is 5.06 Å². The Labute approximate surface area is 153 Å². The number of rotatable bonds is 6. The number of benzene rings is 2. The minimum atomic E-state index is -0.361. The number of phenolic OH excluding ortho intramolecular Hbond substituents is 1. The highest BCUT2D eigenvalue weighted by Crippen LogP contribution is 2.29. The number of aromatic hydroxyl groups is 1. The molecule has 1 aliphatic heterocycles. The van der Waals surface area contributed by atoms with Crippen molar-refractivity contribution >= 4 is 5.78 Å². The molecule has 0 radical (unpaired) electrons. The molecule has 5 heteroatoms. The van der Waals surface area contributed by atoms with Gasteiger partial charge >= 0.3 is 0 Å². The lowest BCUT2D eigenvalue weighted by Gasteiger charge is -2.36. The third kappa shape index (κ3) is 4.29. The molecule has 1 saturated heterocycles. The molecule has 1 heterocycles. The summed E-state index contributed by atoms with van der Waals surface area (Å²) in [6, 6.07) is 12.3. The summed E-state index contributed by atoms with van der Waals surface area (Å²) >= 11 is 0. The molecule has 2 atom stereocenters. The first-order valence-corrected chi connectivity index (χ1v) is 9.10. The van der Waals surface area contributed by atoms with E-state index in [-0.39, 0.29) is 29.5 Å². The lowest BCUT2D eigenvalue weighted by molar-refractivity contribution is -0.224. The van der Waals surface area contributed by atoms with Crippen molar-refractivity contribution in [1.29, 1.82) is 0 Å². The van der Waals surface area contributed by atoms with E-state index in [4.69, 9.17) is 4.84 Å². The number of hydrogen-bond acceptors (Lipinski definition) is 4. The largest absolute Gasteiger partial charge is 0.508 e. The molecule has 26 heavy (non-hydrogen) atoms. The van der Waals surface area contributed by atoms with Crippen LogP contribution < -0.4 is 0 Å². The number of Topliss-reactive ketones (excluding diaryl/α,β-unsaturated/α-hetero) is 1. The summed E-state index contributed by atoms with van der Waals surface area (Å²) in [5.74, 6) is -0.173. The smallest absolute Gasteiger partial charge is 0.182 e. The van der Waals surface area contributed by atoms with Gasteiger partial charge in [0.2, 0.25) is 0 Å². The Kier molecular flexibility index (Phi) is 6.01. The van der Waals surface area contributed by atoms with Gasteiger partial charge in [-0.3, -0.25) is 9.63 Å². The first-order chi connectivity index (χ1) is 12.6. The highest BCUT2D eigenvalue weighted by atomic mass is 19.1. The van der Waals surface area contributed by atoms with Crippen molar-refractivity contribution in [3.63, 3.8) is 0 Å². The molecule has 2 unspecified atom stereocenters. The molecule has 0 bridgehead atoms. The van der Waals surface area contributed by atoms with Crippen LogP contribution in [0.3, 0.4) is 0 Å². The van der Waals surface area contributed by atoms with Crippen LogP contribution in [0.25, 0.3) is 0 Å². The zero-order valence-electron chi connectivity index (χ0n) is 14.9. The molecular weight excluding hydrogens is 333 g/mol. The van der Waals surface area contributed by atoms with Crippen LogP contribution in [0.4, 0.5) is 4.39 Å². The Hall–Kier alpha value is -2.24. The zero-order valence-corrected chi connectivity index (χ0v) is 14.9. The molecule has 3 rings (SSSR count). The van der Waals surface area contributed by atoms with Gasteiger partial charge in [0.25, 0.3) is 0 Å². The molecule has 0 spiro atoms. The van der Waals surface area contributed by atoms with Crippen LogP contribution in [-0.2, 0) is 4.84 Å². The standard InChI is InChI=1S/C21H24FNO3/c1-2-20(15-8-12-18(24)13-9-15)26-23-14-4-3-5-19(23)21(25)16-6-10-17(22)11-7-16/h6-13,19-20,24H,2-5,14H2,1H3. The van der Waals surface area contributed by atoms with Crippen molar-refractivity contribution in [3.8, 4) is 5.75 Å². The highest BCUT2D eigenvalue weighted by Gasteiger charge is 2.32. The number of carbonyl (C=O) groups excluding carboxylic acids is 1. The number of nitrogens with zero attached hydrogens (tertiary/aromatic N) is 1. The van der Waals surface area contributed by atoms with E-state index in [1.807, 2.05) is 19.1 Å². The quantitative estimate of drug-likeness (QED) is 0.765. The number of hydrogen-bond donors (Lipinski definition) is 1. The van der Waals surface area contributed by atoms with Gasteiger partial charge in [-0.1, -0.05) is 19.1 Å². The minimum absolute atomic E-state index is 0.0368. The third-order valence-corrected chi connectivity index (χ3v) is 4.78. The van der Waals surface area contributed by atoms with Crippen LogP contribution in [0.15, 0.2) is 48.5 Å². The van der Waals surface area contributed by atoms with Gasteiger partial charge in [-0.15, -0.1) is 0 Å². The average Bonchev–Trinajstić information content (AvgIpc) is 2.67. The molecule has 0 aromatic heterocycles. The molecular formula is C21H24FNO3. The summed E-state index contributed by atoms with van der Waals surface area (Å²) < 4.78 is 13.1. The van der Waals surface area contributed by atoms with Gasteiger partial charge in [0.15, 0.2) is 5.78 Å². The number of carbonyl (C=O) groups is 1. The number of piperidine rings is 1. The number of hydroxylamine groups is 2. The molecule has 138 valence electrons. The summed E-state index contributed by atoms with van der Waals surface area (Å²) in [5, 5.41) is 11.3. The topological polar surface area (TPSA) is 49.8 Å². The second-order valence-corrected chi connectivity index (χ2v) is 6.62. The predicted octanol–water partition coefficient (Wildman–Crippen LogP) is 4.65. The molecule has 1 aliphatic rings. The summed E-state index contributed by atoms with van der Waals surface area (Å²) in [7, 11) is 0. The third-order valence-electron chi connectivity index (χ3n) is 4.78. The average molecular weight is 357 g/mol. The van der Waals surface area contributed by atoms with Crippen LogP contribution in [0.1, 0.15) is 54.6 Å². The monoisotopic (exact) mass is 357 g/mol. The van der Waals surface area contributed by atoms with Crippen molar-refractivity contribution in [2.24, 2.45) is 0 Å². The fraction of sp³-hybridized carbons (Fsp3) is 0.381. The van der Waals surface area contributed by atoms with Crippen molar-refractivity contribution in [1.82, 2.24) is 5.06 Å². The summed E-state index contributed by atoms with van der Waals surface area (Å²) in [5.41, 5.74) is 1.47. The van der Waals surface area contributed by atoms with Crippen LogP contribution in [-0.4, -0.2) is 28.5 Å². The van der Waals surface area contributed by atoms with Gasteiger partial charge in [-0.25, -0.2) is 4.39 Å². The molecule has 1 fully saturated rings. The second-order valence-electron chi connectivity index (χ2n) is 6.62. The van der Waals surface area contributed by atoms with E-state index in [2.05, 4.69) is 0 Å². The van der Waals surface area contributed by atoms with Crippen molar-refractivity contribution in [3.05, 3.63) is 65.5 Å². The van der Waals surface area contributed by atoms with Crippen molar-refractivity contribution in [2.45, 2.75) is 44.8 Å². The number of phenols is 1. The van der Waals surface area contributed by atoms with Gasteiger partial charge in [0, 0.05) is 12.1 Å². The fourth-order valence-electron chi connectivity index (χ4n) is 3.32. The van der Waals surface area contributed by atoms with Gasteiger partial charge in [0.1, 0.15) is 17.7 Å². The maximum absolute atomic E-state index is 13.1. The Morgan fingerprint density at radius 1 is 1.19 bits per heavy atom. The lowest BCUT2D eigenvalue weighted by atomic mass is 9.96. The van der Waals surface area contributed by atoms with E-state index in [1.54, 1.807) is 17.2 Å². The van der Waals surface area contributed by atoms with E-state index in [0.717, 1.165) is 31.2 Å². The minimum Gasteiger partial charge on any atom is -0.508 e. The zero-order chi connectivity index (χ0) is 18.5. The maximum atomic E-state index is 13.1.